The van der Waals surface area contributed by atoms with Crippen LogP contribution in [-0.2, 0) is 0 Å². The summed E-state index contributed by atoms with van der Waals surface area (Å²) in [7, 11) is 0. The monoisotopic (exact) mass is 353 g/mol. The molecule has 0 fully saturated rings. The number of nitrogens with two attached hydrogens (primary N) is 1. The van der Waals surface area contributed by atoms with E-state index in [-0.39, 0.29) is 12.5 Å². The Kier molecular flexibility index (Phi) is 13.3. The highest BCUT2D eigenvalue weighted by atomic mass is 19.4. The molecule has 0 heterocycles. The molecule has 0 saturated heterocycles. The first kappa shape index (κ1) is 23.4. The Hall–Kier alpha value is -0.590. The lowest BCUT2D eigenvalue weighted by Gasteiger charge is -2.18. The standard InChI is InChI=1S/C18H34F3NO2/c1-15(22)17(24)14-16(23)12-10-8-6-4-2-3-5-7-9-11-13-18(19,20)21/h2-3,15-17,23-24H,4-14,22H2,1H3/t15-,16-,17-/m0/s1. The molecular formula is C18H34F3NO2. The van der Waals surface area contributed by atoms with Crippen LogP contribution in [0, 0.1) is 0 Å². The van der Waals surface area contributed by atoms with Gasteiger partial charge in [-0.2, -0.15) is 13.2 Å². The predicted octanol–water partition coefficient (Wildman–Crippen LogP) is 4.47. The minimum atomic E-state index is -4.02. The molecule has 4 N–H and O–H groups in total. The molecule has 24 heavy (non-hydrogen) atoms. The van der Waals surface area contributed by atoms with Gasteiger partial charge >= 0.3 is 6.18 Å². The van der Waals surface area contributed by atoms with E-state index in [1.807, 2.05) is 6.08 Å². The summed E-state index contributed by atoms with van der Waals surface area (Å²) in [5.74, 6) is 0. The van der Waals surface area contributed by atoms with E-state index < -0.39 is 24.8 Å². The molecule has 0 saturated carbocycles. The number of allylic oxidation sites excluding steroid dienone is 2. The fourth-order valence-electron chi connectivity index (χ4n) is 2.43. The van der Waals surface area contributed by atoms with E-state index in [0.29, 0.717) is 19.3 Å². The summed E-state index contributed by atoms with van der Waals surface area (Å²) in [4.78, 5) is 0. The second-order valence-corrected chi connectivity index (χ2v) is 6.64. The number of hydrogen-bond acceptors (Lipinski definition) is 3. The third kappa shape index (κ3) is 16.3. The minimum absolute atomic E-state index is 0.220. The fraction of sp³-hybridized carbons (Fsp3) is 0.889. The molecule has 0 aliphatic rings. The van der Waals surface area contributed by atoms with E-state index in [1.165, 1.54) is 0 Å². The molecule has 0 unspecified atom stereocenters. The number of unbranched alkanes of at least 4 members (excludes halogenated alkanes) is 6. The Morgan fingerprint density at radius 1 is 0.917 bits per heavy atom. The fourth-order valence-corrected chi connectivity index (χ4v) is 2.43. The van der Waals surface area contributed by atoms with E-state index >= 15 is 0 Å². The average molecular weight is 353 g/mol. The Morgan fingerprint density at radius 3 is 1.96 bits per heavy atom. The van der Waals surface area contributed by atoms with Crippen molar-refractivity contribution in [2.45, 2.75) is 102 Å². The molecule has 3 nitrogen and oxygen atoms in total. The van der Waals surface area contributed by atoms with E-state index in [4.69, 9.17) is 5.73 Å². The van der Waals surface area contributed by atoms with Crippen LogP contribution in [0.5, 0.6) is 0 Å². The van der Waals surface area contributed by atoms with Crippen LogP contribution >= 0.6 is 0 Å². The third-order valence-corrected chi connectivity index (χ3v) is 4.03. The highest BCUT2D eigenvalue weighted by Crippen LogP contribution is 2.22. The van der Waals surface area contributed by atoms with Crippen molar-refractivity contribution in [1.29, 1.82) is 0 Å². The van der Waals surface area contributed by atoms with E-state index in [1.54, 1.807) is 6.92 Å². The summed E-state index contributed by atoms with van der Waals surface area (Å²) in [5.41, 5.74) is 5.55. The smallest absolute Gasteiger partial charge is 0.389 e. The van der Waals surface area contributed by atoms with E-state index in [0.717, 1.165) is 38.5 Å². The second kappa shape index (κ2) is 13.7. The maximum absolute atomic E-state index is 11.9. The Morgan fingerprint density at radius 2 is 1.46 bits per heavy atom. The predicted molar refractivity (Wildman–Crippen MR) is 91.6 cm³/mol. The first-order chi connectivity index (χ1) is 11.2. The molecule has 0 radical (unpaired) electrons. The summed E-state index contributed by atoms with van der Waals surface area (Å²) in [6.07, 6.45) is 5.68. The van der Waals surface area contributed by atoms with Gasteiger partial charge in [0.1, 0.15) is 0 Å². The highest BCUT2D eigenvalue weighted by molar-refractivity contribution is 4.81. The van der Waals surface area contributed by atoms with Gasteiger partial charge in [-0.05, 0) is 45.4 Å². The lowest BCUT2D eigenvalue weighted by Crippen LogP contribution is -2.34. The normalized spacial score (nSPS) is 16.5. The molecule has 3 atom stereocenters. The zero-order valence-electron chi connectivity index (χ0n) is 14.8. The zero-order valence-corrected chi connectivity index (χ0v) is 14.8. The maximum Gasteiger partial charge on any atom is 0.389 e. The lowest BCUT2D eigenvalue weighted by molar-refractivity contribution is -0.135. The molecule has 0 aliphatic carbocycles. The van der Waals surface area contributed by atoms with Gasteiger partial charge in [-0.15, -0.1) is 0 Å². The van der Waals surface area contributed by atoms with Crippen molar-refractivity contribution >= 4 is 0 Å². The molecule has 0 amide bonds. The van der Waals surface area contributed by atoms with Crippen molar-refractivity contribution < 1.29 is 23.4 Å². The van der Waals surface area contributed by atoms with Crippen LogP contribution in [0.3, 0.4) is 0 Å². The van der Waals surface area contributed by atoms with Crippen molar-refractivity contribution in [3.8, 4) is 0 Å². The first-order valence-corrected chi connectivity index (χ1v) is 9.06. The first-order valence-electron chi connectivity index (χ1n) is 9.06. The SMILES string of the molecule is C[C@H](N)[C@@H](O)C[C@@H](O)CCCCCC=CCCCCCC(F)(F)F. The van der Waals surface area contributed by atoms with Gasteiger partial charge in [0.15, 0.2) is 0 Å². The topological polar surface area (TPSA) is 66.5 Å². The molecule has 0 rings (SSSR count). The number of alkyl halides is 3. The Labute approximate surface area is 144 Å². The molecular weight excluding hydrogens is 319 g/mol. The van der Waals surface area contributed by atoms with Gasteiger partial charge in [0.05, 0.1) is 12.2 Å². The molecule has 0 bridgehead atoms. The van der Waals surface area contributed by atoms with Crippen LogP contribution in [0.15, 0.2) is 12.2 Å². The molecule has 0 aromatic carbocycles. The molecule has 0 aromatic heterocycles. The number of halogens is 3. The number of aliphatic hydroxyl groups is 2. The quantitative estimate of drug-likeness (QED) is 0.319. The van der Waals surface area contributed by atoms with Gasteiger partial charge in [-0.3, -0.25) is 0 Å². The van der Waals surface area contributed by atoms with Gasteiger partial charge in [-0.1, -0.05) is 31.4 Å². The molecule has 0 aliphatic heterocycles. The molecule has 0 aromatic rings. The van der Waals surface area contributed by atoms with E-state index in [2.05, 4.69) is 6.08 Å². The summed E-state index contributed by atoms with van der Waals surface area (Å²) in [6.45, 7) is 1.72. The lowest BCUT2D eigenvalue weighted by atomic mass is 10.0. The van der Waals surface area contributed by atoms with Crippen molar-refractivity contribution in [3.05, 3.63) is 12.2 Å². The van der Waals surface area contributed by atoms with Crippen LogP contribution < -0.4 is 5.73 Å². The summed E-state index contributed by atoms with van der Waals surface area (Å²) >= 11 is 0. The minimum Gasteiger partial charge on any atom is -0.393 e. The summed E-state index contributed by atoms with van der Waals surface area (Å²) in [6, 6.07) is -0.321. The largest absolute Gasteiger partial charge is 0.393 e. The maximum atomic E-state index is 11.9. The van der Waals surface area contributed by atoms with E-state index in [9.17, 15) is 23.4 Å². The van der Waals surface area contributed by atoms with Gasteiger partial charge in [-0.25, -0.2) is 0 Å². The molecule has 0 spiro atoms. The number of hydrogen-bond donors (Lipinski definition) is 3. The molecule has 6 heteroatoms. The van der Waals surface area contributed by atoms with Gasteiger partial charge in [0, 0.05) is 18.9 Å². The van der Waals surface area contributed by atoms with Crippen LogP contribution in [0.25, 0.3) is 0 Å². The zero-order chi connectivity index (χ0) is 18.4. The van der Waals surface area contributed by atoms with Gasteiger partial charge < -0.3 is 15.9 Å². The average Bonchev–Trinajstić information content (AvgIpc) is 2.47. The second-order valence-electron chi connectivity index (χ2n) is 6.64. The van der Waals surface area contributed by atoms with Crippen LogP contribution in [0.4, 0.5) is 13.2 Å². The number of rotatable bonds is 14. The number of aliphatic hydroxyl groups excluding tert-OH is 2. The van der Waals surface area contributed by atoms with Gasteiger partial charge in [0.2, 0.25) is 0 Å². The van der Waals surface area contributed by atoms with Crippen molar-refractivity contribution in [3.63, 3.8) is 0 Å². The van der Waals surface area contributed by atoms with Crippen molar-refractivity contribution in [2.24, 2.45) is 5.73 Å². The Balaban J connectivity index is 3.38. The summed E-state index contributed by atoms with van der Waals surface area (Å²) < 4.78 is 35.8. The van der Waals surface area contributed by atoms with Crippen LogP contribution in [0.1, 0.15) is 77.6 Å². The molecule has 144 valence electrons. The Bertz CT molecular complexity index is 320. The van der Waals surface area contributed by atoms with Crippen molar-refractivity contribution in [2.75, 3.05) is 0 Å². The van der Waals surface area contributed by atoms with Crippen LogP contribution in [0.2, 0.25) is 0 Å². The highest BCUT2D eigenvalue weighted by Gasteiger charge is 2.25. The van der Waals surface area contributed by atoms with Gasteiger partial charge in [0.25, 0.3) is 0 Å². The van der Waals surface area contributed by atoms with Crippen molar-refractivity contribution in [1.82, 2.24) is 0 Å². The summed E-state index contributed by atoms with van der Waals surface area (Å²) in [5, 5.41) is 19.3. The van der Waals surface area contributed by atoms with Crippen LogP contribution in [-0.4, -0.2) is 34.6 Å². The third-order valence-electron chi connectivity index (χ3n) is 4.03.